The van der Waals surface area contributed by atoms with Crippen LogP contribution in [0.2, 0.25) is 0 Å². The second-order valence-corrected chi connectivity index (χ2v) is 12.0. The van der Waals surface area contributed by atoms with Gasteiger partial charge in [0.25, 0.3) is 0 Å². The number of amides is 2. The lowest BCUT2D eigenvalue weighted by atomic mass is 9.87. The van der Waals surface area contributed by atoms with Gasteiger partial charge in [0, 0.05) is 36.8 Å². The lowest BCUT2D eigenvalue weighted by Crippen LogP contribution is -2.42. The second kappa shape index (κ2) is 13.5. The summed E-state index contributed by atoms with van der Waals surface area (Å²) in [6.07, 6.45) is 0.674. The number of carbonyl (C=O) groups excluding carboxylic acids is 2. The number of aromatic nitrogens is 2. The highest BCUT2D eigenvalue weighted by atomic mass is 32.2. The topological polar surface area (TPSA) is 104 Å². The summed E-state index contributed by atoms with van der Waals surface area (Å²) < 4.78 is 23.6. The standard InChI is InChI=1S/C31H40N4O6S/c1-31(2,3)29-27-28(23-17-22(40-6)13-14-24(23)41-7)42-19-26(37)34(18-25(36)32-15-8-16-38-4)30(27)35(33-29)20-9-11-21(39-5)12-10-20/h9-14,17,28H,8,15-16,18-19H2,1-7H3,(H,32,36)/t28-/m1/s1. The molecule has 0 radical (unpaired) electrons. The van der Waals surface area contributed by atoms with Crippen LogP contribution in [-0.2, 0) is 19.7 Å². The molecule has 11 heteroatoms. The molecule has 1 aliphatic heterocycles. The minimum absolute atomic E-state index is 0.146. The monoisotopic (exact) mass is 596 g/mol. The van der Waals surface area contributed by atoms with Crippen LogP contribution < -0.4 is 24.4 Å². The van der Waals surface area contributed by atoms with Crippen molar-refractivity contribution >= 4 is 29.4 Å². The third-order valence-corrected chi connectivity index (χ3v) is 8.22. The summed E-state index contributed by atoms with van der Waals surface area (Å²) in [4.78, 5) is 28.6. The van der Waals surface area contributed by atoms with Gasteiger partial charge in [-0.25, -0.2) is 4.68 Å². The minimum Gasteiger partial charge on any atom is -0.497 e. The van der Waals surface area contributed by atoms with Gasteiger partial charge in [-0.3, -0.25) is 14.5 Å². The largest absolute Gasteiger partial charge is 0.497 e. The lowest BCUT2D eigenvalue weighted by molar-refractivity contribution is -0.122. The third-order valence-electron chi connectivity index (χ3n) is 6.98. The quantitative estimate of drug-likeness (QED) is 0.323. The van der Waals surface area contributed by atoms with Crippen LogP contribution >= 0.6 is 11.8 Å². The fourth-order valence-electron chi connectivity index (χ4n) is 4.91. The number of nitrogens with zero attached hydrogens (tertiary/aromatic N) is 3. The number of hydrogen-bond acceptors (Lipinski definition) is 8. The molecule has 1 atom stereocenters. The molecule has 0 unspecified atom stereocenters. The molecule has 1 aromatic heterocycles. The maximum absolute atomic E-state index is 13.9. The molecule has 1 aliphatic rings. The van der Waals surface area contributed by atoms with E-state index in [1.807, 2.05) is 42.5 Å². The molecule has 226 valence electrons. The van der Waals surface area contributed by atoms with Crippen molar-refractivity contribution in [1.29, 1.82) is 0 Å². The van der Waals surface area contributed by atoms with E-state index < -0.39 is 5.41 Å². The zero-order valence-corrected chi connectivity index (χ0v) is 26.2. The predicted molar refractivity (Wildman–Crippen MR) is 165 cm³/mol. The third kappa shape index (κ3) is 6.68. The Morgan fingerprint density at radius 3 is 2.33 bits per heavy atom. The zero-order valence-electron chi connectivity index (χ0n) is 25.4. The number of hydrogen-bond donors (Lipinski definition) is 1. The van der Waals surface area contributed by atoms with Gasteiger partial charge >= 0.3 is 0 Å². The number of carbonyl (C=O) groups is 2. The van der Waals surface area contributed by atoms with Crippen LogP contribution in [0.3, 0.4) is 0 Å². The Labute approximate surface area is 251 Å². The molecule has 10 nitrogen and oxygen atoms in total. The molecule has 4 rings (SSSR count). The fourth-order valence-corrected chi connectivity index (χ4v) is 6.12. The molecule has 2 heterocycles. The smallest absolute Gasteiger partial charge is 0.240 e. The van der Waals surface area contributed by atoms with Crippen molar-refractivity contribution in [3.63, 3.8) is 0 Å². The highest BCUT2D eigenvalue weighted by Crippen LogP contribution is 2.51. The Bertz CT molecular complexity index is 1400. The molecule has 0 spiro atoms. The van der Waals surface area contributed by atoms with Gasteiger partial charge < -0.3 is 24.3 Å². The van der Waals surface area contributed by atoms with Gasteiger partial charge in [0.05, 0.1) is 43.7 Å². The van der Waals surface area contributed by atoms with E-state index in [1.165, 1.54) is 11.8 Å². The van der Waals surface area contributed by atoms with Crippen molar-refractivity contribution in [1.82, 2.24) is 15.1 Å². The number of nitrogens with one attached hydrogen (secondary N) is 1. The summed E-state index contributed by atoms with van der Waals surface area (Å²) in [5, 5.41) is 7.72. The van der Waals surface area contributed by atoms with E-state index >= 15 is 0 Å². The van der Waals surface area contributed by atoms with Crippen molar-refractivity contribution in [2.75, 3.05) is 58.8 Å². The number of ether oxygens (including phenoxy) is 4. The second-order valence-electron chi connectivity index (χ2n) is 10.9. The van der Waals surface area contributed by atoms with E-state index in [4.69, 9.17) is 24.0 Å². The van der Waals surface area contributed by atoms with Crippen molar-refractivity contribution in [2.45, 2.75) is 37.9 Å². The average molecular weight is 597 g/mol. The van der Waals surface area contributed by atoms with Gasteiger partial charge in [0.1, 0.15) is 29.6 Å². The summed E-state index contributed by atoms with van der Waals surface area (Å²) in [5.74, 6) is 2.32. The summed E-state index contributed by atoms with van der Waals surface area (Å²) >= 11 is 1.49. The van der Waals surface area contributed by atoms with Crippen LogP contribution in [0.5, 0.6) is 17.2 Å². The lowest BCUT2D eigenvalue weighted by Gasteiger charge is -2.25. The van der Waals surface area contributed by atoms with Crippen LogP contribution in [0, 0.1) is 0 Å². The van der Waals surface area contributed by atoms with Crippen LogP contribution in [0.25, 0.3) is 5.69 Å². The summed E-state index contributed by atoms with van der Waals surface area (Å²) in [7, 11) is 6.49. The van der Waals surface area contributed by atoms with E-state index in [2.05, 4.69) is 26.1 Å². The number of methoxy groups -OCH3 is 4. The van der Waals surface area contributed by atoms with Gasteiger partial charge in [0.15, 0.2) is 0 Å². The fraction of sp³-hybridized carbons (Fsp3) is 0.452. The van der Waals surface area contributed by atoms with Crippen LogP contribution in [0.1, 0.15) is 49.3 Å². The Morgan fingerprint density at radius 1 is 1.02 bits per heavy atom. The van der Waals surface area contributed by atoms with Gasteiger partial charge in [-0.15, -0.1) is 11.8 Å². The van der Waals surface area contributed by atoms with Gasteiger partial charge in [-0.05, 0) is 48.9 Å². The molecule has 0 bridgehead atoms. The first-order chi connectivity index (χ1) is 20.1. The van der Waals surface area contributed by atoms with Gasteiger partial charge in [-0.1, -0.05) is 20.8 Å². The molecule has 2 amide bonds. The van der Waals surface area contributed by atoms with E-state index in [9.17, 15) is 9.59 Å². The number of benzene rings is 2. The van der Waals surface area contributed by atoms with Gasteiger partial charge in [-0.2, -0.15) is 5.10 Å². The van der Waals surface area contributed by atoms with Crippen LogP contribution in [0.4, 0.5) is 5.82 Å². The maximum atomic E-state index is 13.9. The summed E-state index contributed by atoms with van der Waals surface area (Å²) in [6, 6.07) is 13.2. The molecular weight excluding hydrogens is 556 g/mol. The highest BCUT2D eigenvalue weighted by molar-refractivity contribution is 8.00. The highest BCUT2D eigenvalue weighted by Gasteiger charge is 2.40. The Morgan fingerprint density at radius 2 is 1.71 bits per heavy atom. The van der Waals surface area contributed by atoms with E-state index in [1.54, 1.807) is 38.0 Å². The number of rotatable bonds is 11. The van der Waals surface area contributed by atoms with Gasteiger partial charge in [0.2, 0.25) is 11.8 Å². The predicted octanol–water partition coefficient (Wildman–Crippen LogP) is 4.52. The zero-order chi connectivity index (χ0) is 30.4. The molecule has 0 saturated carbocycles. The first-order valence-electron chi connectivity index (χ1n) is 13.8. The summed E-state index contributed by atoms with van der Waals surface area (Å²) in [5.41, 5.74) is 2.88. The van der Waals surface area contributed by atoms with E-state index in [0.29, 0.717) is 42.6 Å². The summed E-state index contributed by atoms with van der Waals surface area (Å²) in [6.45, 7) is 7.12. The molecule has 42 heavy (non-hydrogen) atoms. The molecule has 0 saturated heterocycles. The number of thioether (sulfide) groups is 1. The first-order valence-corrected chi connectivity index (χ1v) is 14.8. The molecule has 0 aliphatic carbocycles. The average Bonchev–Trinajstić information content (AvgIpc) is 3.33. The molecular formula is C31H40N4O6S. The number of fused-ring (bicyclic) bond motifs is 1. The normalized spacial score (nSPS) is 15.2. The molecule has 2 aromatic carbocycles. The molecule has 1 N–H and O–H groups in total. The minimum atomic E-state index is -0.395. The van der Waals surface area contributed by atoms with E-state index in [-0.39, 0.29) is 29.4 Å². The molecule has 3 aromatic rings. The van der Waals surface area contributed by atoms with Crippen molar-refractivity contribution in [3.8, 4) is 22.9 Å². The Balaban J connectivity index is 1.96. The van der Waals surface area contributed by atoms with Crippen molar-refractivity contribution in [3.05, 3.63) is 59.3 Å². The first kappa shape index (κ1) is 31.2. The van der Waals surface area contributed by atoms with Crippen molar-refractivity contribution in [2.24, 2.45) is 0 Å². The van der Waals surface area contributed by atoms with Crippen molar-refractivity contribution < 1.29 is 28.5 Å². The Kier molecular flexibility index (Phi) is 10.1. The number of anilines is 1. The molecule has 0 fully saturated rings. The SMILES string of the molecule is COCCCNC(=O)CN1C(=O)CS[C@H](c2cc(OC)ccc2OC)c2c(C(C)(C)C)nn(-c3ccc(OC)cc3)c21. The maximum Gasteiger partial charge on any atom is 0.240 e. The van der Waals surface area contributed by atoms with Crippen LogP contribution in [-0.4, -0.2) is 75.5 Å². The van der Waals surface area contributed by atoms with Crippen LogP contribution in [0.15, 0.2) is 42.5 Å². The van der Waals surface area contributed by atoms with E-state index in [0.717, 1.165) is 22.5 Å². The Hall–Kier alpha value is -3.70.